The molecule has 0 bridgehead atoms. The first-order chi connectivity index (χ1) is 7.84. The molecule has 1 heterocycles. The fourth-order valence-electron chi connectivity index (χ4n) is 0.855. The summed E-state index contributed by atoms with van der Waals surface area (Å²) in [6.45, 7) is -1.33. The Bertz CT molecular complexity index is 346. The maximum absolute atomic E-state index is 10.8. The zero-order valence-corrected chi connectivity index (χ0v) is 9.10. The number of carbonyl (C=O) groups excluding carboxylic acids is 2. The molecular formula is C6H8N2O8P+. The van der Waals surface area contributed by atoms with Crippen LogP contribution in [0, 0.1) is 0 Å². The fourth-order valence-corrected chi connectivity index (χ4v) is 2.57. The second kappa shape index (κ2) is 5.04. The summed E-state index contributed by atoms with van der Waals surface area (Å²) in [5.74, 6) is -5.20. The predicted octanol–water partition coefficient (Wildman–Crippen LogP) is -1.89. The molecule has 0 unspecified atom stereocenters. The summed E-state index contributed by atoms with van der Waals surface area (Å²) in [6.07, 6.45) is 0. The summed E-state index contributed by atoms with van der Waals surface area (Å²) in [7, 11) is -3.53. The molecular weight excluding hydrogens is 259 g/mol. The fraction of sp³-hybridized carbons (Fsp3) is 0.333. The number of carbonyl (C=O) groups is 4. The monoisotopic (exact) mass is 267 g/mol. The summed E-state index contributed by atoms with van der Waals surface area (Å²) in [4.78, 5) is 42.3. The molecule has 1 rings (SSSR count). The van der Waals surface area contributed by atoms with Crippen molar-refractivity contribution in [3.05, 3.63) is 0 Å². The Morgan fingerprint density at radius 2 is 1.35 bits per heavy atom. The molecule has 0 aromatic carbocycles. The Morgan fingerprint density at radius 3 is 1.65 bits per heavy atom. The second-order valence-electron chi connectivity index (χ2n) is 2.77. The number of hydrogen-bond acceptors (Lipinski definition) is 8. The highest BCUT2D eigenvalue weighted by Crippen LogP contribution is 2.56. The molecule has 10 nitrogen and oxygen atoms in total. The summed E-state index contributed by atoms with van der Waals surface area (Å²) < 4.78 is 9.03. The van der Waals surface area contributed by atoms with Gasteiger partial charge < -0.3 is 10.2 Å². The molecule has 0 spiro atoms. The van der Waals surface area contributed by atoms with E-state index in [9.17, 15) is 19.2 Å². The van der Waals surface area contributed by atoms with E-state index in [-0.39, 0.29) is 0 Å². The van der Waals surface area contributed by atoms with Gasteiger partial charge >= 0.3 is 31.9 Å². The Hall–Kier alpha value is -1.77. The molecule has 1 aliphatic heterocycles. The van der Waals surface area contributed by atoms with Crippen molar-refractivity contribution < 1.29 is 38.4 Å². The normalized spacial score (nSPS) is 17.4. The molecule has 0 aromatic rings. The van der Waals surface area contributed by atoms with E-state index >= 15 is 0 Å². The van der Waals surface area contributed by atoms with Crippen molar-refractivity contribution in [3.8, 4) is 0 Å². The Kier molecular flexibility index (Phi) is 3.94. The maximum atomic E-state index is 10.8. The maximum Gasteiger partial charge on any atom is 0.529 e. The van der Waals surface area contributed by atoms with Gasteiger partial charge in [-0.25, -0.2) is 18.6 Å². The zero-order chi connectivity index (χ0) is 13.1. The van der Waals surface area contributed by atoms with Gasteiger partial charge in [0.1, 0.15) is 13.1 Å². The largest absolute Gasteiger partial charge is 0.529 e. The topological polar surface area (TPSA) is 151 Å². The van der Waals surface area contributed by atoms with E-state index in [4.69, 9.17) is 10.2 Å². The van der Waals surface area contributed by atoms with Crippen LogP contribution in [0.2, 0.25) is 0 Å². The van der Waals surface area contributed by atoms with Crippen molar-refractivity contribution in [1.29, 1.82) is 0 Å². The van der Waals surface area contributed by atoms with Crippen LogP contribution < -0.4 is 10.2 Å². The number of hydrogen-bond donors (Lipinski definition) is 4. The molecule has 0 atom stereocenters. The van der Waals surface area contributed by atoms with Crippen molar-refractivity contribution in [3.63, 3.8) is 0 Å². The average molecular weight is 267 g/mol. The number of aliphatic carboxylic acids is 2. The van der Waals surface area contributed by atoms with E-state index in [2.05, 4.69) is 19.2 Å². The van der Waals surface area contributed by atoms with Gasteiger partial charge in [-0.15, -0.1) is 0 Å². The highest BCUT2D eigenvalue weighted by atomic mass is 31.2. The lowest BCUT2D eigenvalue weighted by Gasteiger charge is -2.13. The van der Waals surface area contributed by atoms with E-state index < -0.39 is 45.0 Å². The lowest BCUT2D eigenvalue weighted by molar-refractivity contribution is -0.150. The van der Waals surface area contributed by atoms with Crippen molar-refractivity contribution in [2.75, 3.05) is 13.1 Å². The summed E-state index contributed by atoms with van der Waals surface area (Å²) in [5, 5.41) is 21.2. The molecule has 4 N–H and O–H groups in total. The summed E-state index contributed by atoms with van der Waals surface area (Å²) in [5.41, 5.74) is 0. The van der Waals surface area contributed by atoms with Crippen LogP contribution in [0.3, 0.4) is 0 Å². The lowest BCUT2D eigenvalue weighted by atomic mass is 10.7. The van der Waals surface area contributed by atoms with Gasteiger partial charge in [0.15, 0.2) is 0 Å². The molecule has 0 radical (unpaired) electrons. The van der Waals surface area contributed by atoms with E-state index in [1.807, 2.05) is 0 Å². The van der Waals surface area contributed by atoms with Gasteiger partial charge in [-0.05, 0) is 0 Å². The Balaban J connectivity index is 2.71. The van der Waals surface area contributed by atoms with E-state index in [1.165, 1.54) is 0 Å². The highest BCUT2D eigenvalue weighted by Gasteiger charge is 2.60. The van der Waals surface area contributed by atoms with Crippen LogP contribution in [-0.4, -0.2) is 47.2 Å². The van der Waals surface area contributed by atoms with Gasteiger partial charge in [0.25, 0.3) is 0 Å². The summed E-state index contributed by atoms with van der Waals surface area (Å²) in [6, 6.07) is 0. The quantitative estimate of drug-likeness (QED) is 0.317. The van der Waals surface area contributed by atoms with Crippen LogP contribution >= 0.6 is 8.02 Å². The first kappa shape index (κ1) is 13.3. The summed E-state index contributed by atoms with van der Waals surface area (Å²) >= 11 is 0. The van der Waals surface area contributed by atoms with Gasteiger partial charge in [0.05, 0.1) is 0 Å². The van der Waals surface area contributed by atoms with E-state index in [0.29, 0.717) is 0 Å². The first-order valence-electron chi connectivity index (χ1n) is 4.15. The van der Waals surface area contributed by atoms with Crippen LogP contribution in [0.4, 0.5) is 0 Å². The van der Waals surface area contributed by atoms with Crippen molar-refractivity contribution in [1.82, 2.24) is 10.2 Å². The SMILES string of the molecule is O=C(O)CN[P+]1(NCC(=O)O)OC(=O)C(=O)O1. The molecule has 0 aliphatic carbocycles. The third-order valence-corrected chi connectivity index (χ3v) is 3.46. The van der Waals surface area contributed by atoms with Crippen molar-refractivity contribution in [2.24, 2.45) is 0 Å². The van der Waals surface area contributed by atoms with Crippen molar-refractivity contribution >= 4 is 31.9 Å². The van der Waals surface area contributed by atoms with Crippen LogP contribution in [-0.2, 0) is 28.2 Å². The Labute approximate surface area is 94.5 Å². The van der Waals surface area contributed by atoms with E-state index in [0.717, 1.165) is 0 Å². The lowest BCUT2D eigenvalue weighted by Crippen LogP contribution is -2.34. The second-order valence-corrected chi connectivity index (χ2v) is 4.87. The number of nitrogens with one attached hydrogen (secondary N) is 2. The third kappa shape index (κ3) is 3.63. The first-order valence-corrected chi connectivity index (χ1v) is 5.77. The molecule has 1 fully saturated rings. The number of rotatable bonds is 6. The molecule has 1 aliphatic rings. The molecule has 11 heteroatoms. The molecule has 0 saturated carbocycles. The average Bonchev–Trinajstić information content (AvgIpc) is 2.50. The number of carboxylic acids is 2. The van der Waals surface area contributed by atoms with Crippen LogP contribution in [0.25, 0.3) is 0 Å². The van der Waals surface area contributed by atoms with Gasteiger partial charge in [-0.1, -0.05) is 10.2 Å². The molecule has 94 valence electrons. The highest BCUT2D eigenvalue weighted by molar-refractivity contribution is 7.64. The molecule has 1 saturated heterocycles. The smallest absolute Gasteiger partial charge is 0.480 e. The van der Waals surface area contributed by atoms with Crippen LogP contribution in [0.15, 0.2) is 0 Å². The number of carboxylic acid groups (broad SMARTS) is 2. The third-order valence-electron chi connectivity index (χ3n) is 1.47. The van der Waals surface area contributed by atoms with Crippen LogP contribution in [0.1, 0.15) is 0 Å². The van der Waals surface area contributed by atoms with Gasteiger partial charge in [-0.2, -0.15) is 0 Å². The molecule has 0 amide bonds. The van der Waals surface area contributed by atoms with Gasteiger partial charge in [0.2, 0.25) is 0 Å². The molecule has 0 aromatic heterocycles. The van der Waals surface area contributed by atoms with Gasteiger partial charge in [0, 0.05) is 0 Å². The minimum Gasteiger partial charge on any atom is -0.480 e. The predicted molar refractivity (Wildman–Crippen MR) is 50.4 cm³/mol. The van der Waals surface area contributed by atoms with Crippen LogP contribution in [0.5, 0.6) is 0 Å². The minimum atomic E-state index is -3.53. The van der Waals surface area contributed by atoms with Gasteiger partial charge in [-0.3, -0.25) is 9.59 Å². The van der Waals surface area contributed by atoms with E-state index in [1.54, 1.807) is 0 Å². The standard InChI is InChI=1S/C6H7N2O8P/c9-3(10)1-7-17(8-2-4(11)12)15-5(13)6(14)16-17/h7-8H,1-2H2,(H-,9,10,11,12)/p+1. The van der Waals surface area contributed by atoms with Crippen molar-refractivity contribution in [2.45, 2.75) is 0 Å². The Morgan fingerprint density at radius 1 is 1.00 bits per heavy atom. The molecule has 17 heavy (non-hydrogen) atoms. The zero-order valence-electron chi connectivity index (χ0n) is 8.21. The minimum absolute atomic E-state index is 0.666.